The van der Waals surface area contributed by atoms with Gasteiger partial charge < -0.3 is 10.6 Å². The van der Waals surface area contributed by atoms with Crippen molar-refractivity contribution in [2.45, 2.75) is 19.3 Å². The van der Waals surface area contributed by atoms with E-state index in [2.05, 4.69) is 10.6 Å². The highest BCUT2D eigenvalue weighted by atomic mass is 35.5. The minimum Gasteiger partial charge on any atom is -0.355 e. The monoisotopic (exact) mass is 376 g/mol. The molecule has 0 aliphatic heterocycles. The molecule has 2 N–H and O–H groups in total. The molecule has 1 fully saturated rings. The average molecular weight is 377 g/mol. The highest BCUT2D eigenvalue weighted by Gasteiger charge is 2.56. The first-order valence-corrected chi connectivity index (χ1v) is 8.86. The molecule has 0 aromatic heterocycles. The Morgan fingerprint density at radius 3 is 2.36 bits per heavy atom. The average Bonchev–Trinajstić information content (AvgIpc) is 3.42. The molecule has 1 aliphatic carbocycles. The Balaban J connectivity index is 1.58. The van der Waals surface area contributed by atoms with Gasteiger partial charge in [-0.05, 0) is 37.0 Å². The van der Waals surface area contributed by atoms with Crippen molar-refractivity contribution in [3.8, 4) is 0 Å². The van der Waals surface area contributed by atoms with Gasteiger partial charge in [0.2, 0.25) is 11.8 Å². The fourth-order valence-electron chi connectivity index (χ4n) is 2.66. The number of nitrogens with one attached hydrogen (secondary N) is 2. The van der Waals surface area contributed by atoms with E-state index in [0.717, 1.165) is 12.0 Å². The van der Waals surface area contributed by atoms with Gasteiger partial charge in [-0.3, -0.25) is 9.59 Å². The van der Waals surface area contributed by atoms with Crippen LogP contribution in [-0.4, -0.2) is 18.4 Å². The van der Waals surface area contributed by atoms with Gasteiger partial charge in [0.05, 0.1) is 15.7 Å². The van der Waals surface area contributed by atoms with Crippen molar-refractivity contribution in [3.63, 3.8) is 0 Å². The van der Waals surface area contributed by atoms with E-state index < -0.39 is 5.41 Å². The van der Waals surface area contributed by atoms with Crippen LogP contribution in [0.25, 0.3) is 0 Å². The molecule has 130 valence electrons. The minimum absolute atomic E-state index is 0.237. The third-order valence-corrected chi connectivity index (χ3v) is 5.18. The predicted octanol–water partition coefficient (Wildman–Crippen LogP) is 4.07. The number of hydrogen-bond acceptors (Lipinski definition) is 2. The lowest BCUT2D eigenvalue weighted by Crippen LogP contribution is -2.40. The summed E-state index contributed by atoms with van der Waals surface area (Å²) in [5.74, 6) is -0.576. The molecule has 0 unspecified atom stereocenters. The Kier molecular flexibility index (Phi) is 5.30. The molecule has 3 rings (SSSR count). The lowest BCUT2D eigenvalue weighted by molar-refractivity contribution is -0.134. The van der Waals surface area contributed by atoms with E-state index in [1.54, 1.807) is 18.2 Å². The lowest BCUT2D eigenvalue weighted by atomic mass is 10.0. The van der Waals surface area contributed by atoms with E-state index in [9.17, 15) is 9.59 Å². The summed E-state index contributed by atoms with van der Waals surface area (Å²) in [5.41, 5.74) is 0.563. The van der Waals surface area contributed by atoms with Crippen LogP contribution in [0.1, 0.15) is 18.4 Å². The van der Waals surface area contributed by atoms with Crippen molar-refractivity contribution in [3.05, 3.63) is 64.1 Å². The maximum Gasteiger partial charge on any atom is 0.240 e. The molecular formula is C19H18Cl2N2O2. The molecule has 2 aromatic rings. The van der Waals surface area contributed by atoms with Crippen molar-refractivity contribution in [1.82, 2.24) is 5.32 Å². The van der Waals surface area contributed by atoms with Crippen LogP contribution in [0, 0.1) is 5.41 Å². The molecule has 0 heterocycles. The number of benzene rings is 2. The molecule has 2 amide bonds. The largest absolute Gasteiger partial charge is 0.355 e. The zero-order valence-corrected chi connectivity index (χ0v) is 15.0. The van der Waals surface area contributed by atoms with Gasteiger partial charge in [-0.15, -0.1) is 0 Å². The Labute approximate surface area is 156 Å². The molecule has 0 bridgehead atoms. The third kappa shape index (κ3) is 3.97. The van der Waals surface area contributed by atoms with Crippen molar-refractivity contribution in [2.75, 3.05) is 11.9 Å². The quantitative estimate of drug-likeness (QED) is 0.746. The van der Waals surface area contributed by atoms with E-state index in [-0.39, 0.29) is 16.8 Å². The van der Waals surface area contributed by atoms with Crippen LogP contribution in [0.3, 0.4) is 0 Å². The number of rotatable bonds is 6. The smallest absolute Gasteiger partial charge is 0.240 e. The van der Waals surface area contributed by atoms with E-state index >= 15 is 0 Å². The van der Waals surface area contributed by atoms with Crippen LogP contribution in [0.4, 0.5) is 5.69 Å². The van der Waals surface area contributed by atoms with Gasteiger partial charge in [0, 0.05) is 6.54 Å². The minimum atomic E-state index is -0.998. The van der Waals surface area contributed by atoms with Crippen molar-refractivity contribution in [1.29, 1.82) is 0 Å². The summed E-state index contributed by atoms with van der Waals surface area (Å²) in [6.07, 6.45) is 1.80. The number of carbonyl (C=O) groups excluding carboxylic acids is 2. The Morgan fingerprint density at radius 2 is 1.68 bits per heavy atom. The standard InChI is InChI=1S/C19H18Cl2N2O2/c20-14-7-4-8-15(16(14)21)23-18(25)19(10-11-19)17(24)22-12-9-13-5-2-1-3-6-13/h1-8H,9-12H2,(H,22,24)(H,23,25). The molecule has 1 saturated carbocycles. The molecule has 2 aromatic carbocycles. The summed E-state index contributed by atoms with van der Waals surface area (Å²) >= 11 is 12.0. The number of amides is 2. The van der Waals surface area contributed by atoms with Crippen molar-refractivity contribution >= 4 is 40.7 Å². The second-order valence-electron chi connectivity index (χ2n) is 6.13. The molecular weight excluding hydrogens is 359 g/mol. The van der Waals surface area contributed by atoms with Crippen LogP contribution < -0.4 is 10.6 Å². The van der Waals surface area contributed by atoms with Gasteiger partial charge in [-0.25, -0.2) is 0 Å². The van der Waals surface area contributed by atoms with Gasteiger partial charge in [0.25, 0.3) is 0 Å². The first kappa shape index (κ1) is 17.8. The van der Waals surface area contributed by atoms with Gasteiger partial charge in [-0.2, -0.15) is 0 Å². The maximum atomic E-state index is 12.6. The molecule has 0 saturated heterocycles. The van der Waals surface area contributed by atoms with E-state index in [4.69, 9.17) is 23.2 Å². The summed E-state index contributed by atoms with van der Waals surface area (Å²) in [6, 6.07) is 14.9. The topological polar surface area (TPSA) is 58.2 Å². The molecule has 0 radical (unpaired) electrons. The predicted molar refractivity (Wildman–Crippen MR) is 99.9 cm³/mol. The highest BCUT2D eigenvalue weighted by molar-refractivity contribution is 6.44. The van der Waals surface area contributed by atoms with Crippen LogP contribution in [-0.2, 0) is 16.0 Å². The fourth-order valence-corrected chi connectivity index (χ4v) is 3.01. The lowest BCUT2D eigenvalue weighted by Gasteiger charge is -2.16. The van der Waals surface area contributed by atoms with Crippen molar-refractivity contribution < 1.29 is 9.59 Å². The number of anilines is 1. The van der Waals surface area contributed by atoms with Gasteiger partial charge in [0.15, 0.2) is 0 Å². The first-order chi connectivity index (χ1) is 12.0. The van der Waals surface area contributed by atoms with Crippen LogP contribution >= 0.6 is 23.2 Å². The van der Waals surface area contributed by atoms with Gasteiger partial charge in [0.1, 0.15) is 5.41 Å². The fraction of sp³-hybridized carbons (Fsp3) is 0.263. The normalized spacial score (nSPS) is 14.6. The Morgan fingerprint density at radius 1 is 0.960 bits per heavy atom. The Hall–Kier alpha value is -2.04. The summed E-state index contributed by atoms with van der Waals surface area (Å²) < 4.78 is 0. The molecule has 25 heavy (non-hydrogen) atoms. The molecule has 6 heteroatoms. The molecule has 1 aliphatic rings. The van der Waals surface area contributed by atoms with Crippen LogP contribution in [0.15, 0.2) is 48.5 Å². The van der Waals surface area contributed by atoms with Gasteiger partial charge in [-0.1, -0.05) is 59.6 Å². The summed E-state index contributed by atoms with van der Waals surface area (Å²) in [7, 11) is 0. The second kappa shape index (κ2) is 7.46. The van der Waals surface area contributed by atoms with E-state index in [1.165, 1.54) is 0 Å². The van der Waals surface area contributed by atoms with E-state index in [0.29, 0.717) is 30.1 Å². The molecule has 0 spiro atoms. The highest BCUT2D eigenvalue weighted by Crippen LogP contribution is 2.47. The second-order valence-corrected chi connectivity index (χ2v) is 6.91. The van der Waals surface area contributed by atoms with E-state index in [1.807, 2.05) is 30.3 Å². The summed E-state index contributed by atoms with van der Waals surface area (Å²) in [6.45, 7) is 0.496. The van der Waals surface area contributed by atoms with Gasteiger partial charge >= 0.3 is 0 Å². The maximum absolute atomic E-state index is 12.6. The van der Waals surface area contributed by atoms with Crippen LogP contribution in [0.5, 0.6) is 0 Å². The summed E-state index contributed by atoms with van der Waals surface area (Å²) in [4.78, 5) is 25.0. The number of hydrogen-bond donors (Lipinski definition) is 2. The number of carbonyl (C=O) groups is 2. The molecule has 4 nitrogen and oxygen atoms in total. The first-order valence-electron chi connectivity index (χ1n) is 8.11. The van der Waals surface area contributed by atoms with Crippen molar-refractivity contribution in [2.24, 2.45) is 5.41 Å². The SMILES string of the molecule is O=C(NCCc1ccccc1)C1(C(=O)Nc2cccc(Cl)c2Cl)CC1. The van der Waals surface area contributed by atoms with Crippen LogP contribution in [0.2, 0.25) is 10.0 Å². The third-order valence-electron chi connectivity index (χ3n) is 4.36. The summed E-state index contributed by atoms with van der Waals surface area (Å²) in [5, 5.41) is 6.23. The zero-order valence-electron chi connectivity index (χ0n) is 13.5. The molecule has 0 atom stereocenters. The Bertz CT molecular complexity index is 789. The number of halogens is 2. The zero-order chi connectivity index (χ0) is 17.9.